The fourth-order valence-electron chi connectivity index (χ4n) is 0.684. The SMILES string of the molecule is O=C(OC(F)CC(F)(F)F)OC(F)CC(F)(F)F. The standard InChI is InChI=1S/C7H6F8O3/c8-3(1-6(10,11)12)17-5(16)18-4(9)2-7(13,14)15/h3-4H,1-2H2. The zero-order valence-corrected chi connectivity index (χ0v) is 8.32. The van der Waals surface area contributed by atoms with Crippen LogP contribution in [-0.4, -0.2) is 31.2 Å². The quantitative estimate of drug-likeness (QED) is 0.586. The van der Waals surface area contributed by atoms with Gasteiger partial charge >= 0.3 is 18.5 Å². The van der Waals surface area contributed by atoms with Crippen molar-refractivity contribution in [1.29, 1.82) is 0 Å². The smallest absolute Gasteiger partial charge is 0.399 e. The minimum Gasteiger partial charge on any atom is -0.399 e. The highest BCUT2D eigenvalue weighted by Gasteiger charge is 2.37. The molecule has 0 rings (SSSR count). The van der Waals surface area contributed by atoms with Gasteiger partial charge in [0.25, 0.3) is 12.7 Å². The molecular formula is C7H6F8O3. The molecule has 2 unspecified atom stereocenters. The number of hydrogen-bond donors (Lipinski definition) is 0. The Morgan fingerprint density at radius 3 is 1.33 bits per heavy atom. The number of alkyl halides is 8. The third-order valence-corrected chi connectivity index (χ3v) is 1.23. The van der Waals surface area contributed by atoms with Gasteiger partial charge in [-0.25, -0.2) is 13.6 Å². The summed E-state index contributed by atoms with van der Waals surface area (Å²) in [5.41, 5.74) is 0. The molecule has 0 spiro atoms. The molecule has 0 saturated carbocycles. The van der Waals surface area contributed by atoms with Crippen molar-refractivity contribution < 1.29 is 49.4 Å². The normalized spacial score (nSPS) is 16.0. The van der Waals surface area contributed by atoms with Crippen LogP contribution in [0.25, 0.3) is 0 Å². The maximum absolute atomic E-state index is 12.3. The number of rotatable bonds is 4. The third-order valence-electron chi connectivity index (χ3n) is 1.23. The van der Waals surface area contributed by atoms with E-state index in [2.05, 4.69) is 9.47 Å². The van der Waals surface area contributed by atoms with Crippen LogP contribution in [0.4, 0.5) is 39.9 Å². The second-order valence-electron chi connectivity index (χ2n) is 2.94. The molecule has 18 heavy (non-hydrogen) atoms. The first-order valence-electron chi connectivity index (χ1n) is 4.18. The molecule has 108 valence electrons. The lowest BCUT2D eigenvalue weighted by Gasteiger charge is -2.14. The van der Waals surface area contributed by atoms with Crippen LogP contribution in [0.1, 0.15) is 12.8 Å². The van der Waals surface area contributed by atoms with Gasteiger partial charge in [-0.1, -0.05) is 0 Å². The van der Waals surface area contributed by atoms with Gasteiger partial charge in [0.2, 0.25) is 0 Å². The van der Waals surface area contributed by atoms with E-state index >= 15 is 0 Å². The monoisotopic (exact) mass is 290 g/mol. The van der Waals surface area contributed by atoms with Crippen molar-refractivity contribution >= 4 is 6.16 Å². The molecule has 0 fully saturated rings. The molecule has 0 aromatic heterocycles. The molecule has 0 aliphatic rings. The highest BCUT2D eigenvalue weighted by atomic mass is 19.4. The Morgan fingerprint density at radius 1 is 0.833 bits per heavy atom. The Labute approximate surface area is 94.6 Å². The van der Waals surface area contributed by atoms with E-state index in [1.807, 2.05) is 0 Å². The molecule has 0 aromatic carbocycles. The summed E-state index contributed by atoms with van der Waals surface area (Å²) < 4.78 is 100. The van der Waals surface area contributed by atoms with Gasteiger partial charge in [0.15, 0.2) is 0 Å². The van der Waals surface area contributed by atoms with E-state index in [-0.39, 0.29) is 0 Å². The van der Waals surface area contributed by atoms with Crippen molar-refractivity contribution in [2.75, 3.05) is 0 Å². The van der Waals surface area contributed by atoms with Gasteiger partial charge in [0.05, 0.1) is 0 Å². The summed E-state index contributed by atoms with van der Waals surface area (Å²) in [6.07, 6.45) is -23.0. The Hall–Kier alpha value is -1.29. The average Bonchev–Trinajstić information content (AvgIpc) is 1.92. The first kappa shape index (κ1) is 16.7. The Balaban J connectivity index is 4.04. The van der Waals surface area contributed by atoms with Crippen LogP contribution < -0.4 is 0 Å². The van der Waals surface area contributed by atoms with Crippen molar-refractivity contribution in [2.24, 2.45) is 0 Å². The average molecular weight is 290 g/mol. The van der Waals surface area contributed by atoms with E-state index in [0.717, 1.165) is 0 Å². The largest absolute Gasteiger partial charge is 0.513 e. The van der Waals surface area contributed by atoms with E-state index in [0.29, 0.717) is 0 Å². The first-order valence-corrected chi connectivity index (χ1v) is 4.18. The van der Waals surface area contributed by atoms with Crippen molar-refractivity contribution in [3.8, 4) is 0 Å². The summed E-state index contributed by atoms with van der Waals surface area (Å²) in [5, 5.41) is 0. The van der Waals surface area contributed by atoms with Gasteiger partial charge in [-0.15, -0.1) is 0 Å². The number of carbonyl (C=O) groups excluding carboxylic acids is 1. The van der Waals surface area contributed by atoms with Crippen LogP contribution in [0.2, 0.25) is 0 Å². The van der Waals surface area contributed by atoms with Crippen LogP contribution in [0, 0.1) is 0 Å². The molecule has 0 aliphatic heterocycles. The fraction of sp³-hybridized carbons (Fsp3) is 0.857. The van der Waals surface area contributed by atoms with Crippen molar-refractivity contribution in [1.82, 2.24) is 0 Å². The molecule has 0 bridgehead atoms. The highest BCUT2D eigenvalue weighted by Crippen LogP contribution is 2.25. The van der Waals surface area contributed by atoms with E-state index in [4.69, 9.17) is 0 Å². The second-order valence-corrected chi connectivity index (χ2v) is 2.94. The Bertz CT molecular complexity index is 247. The predicted molar refractivity (Wildman–Crippen MR) is 38.7 cm³/mol. The van der Waals surface area contributed by atoms with Crippen LogP contribution in [-0.2, 0) is 9.47 Å². The lowest BCUT2D eigenvalue weighted by molar-refractivity contribution is -0.189. The number of hydrogen-bond acceptors (Lipinski definition) is 3. The van der Waals surface area contributed by atoms with Gasteiger partial charge in [-0.3, -0.25) is 0 Å². The molecule has 0 aliphatic carbocycles. The zero-order chi connectivity index (χ0) is 14.6. The summed E-state index contributed by atoms with van der Waals surface area (Å²) in [7, 11) is 0. The van der Waals surface area contributed by atoms with Crippen molar-refractivity contribution in [2.45, 2.75) is 37.9 Å². The number of halogens is 8. The van der Waals surface area contributed by atoms with E-state index < -0.39 is 44.1 Å². The third kappa shape index (κ3) is 9.90. The van der Waals surface area contributed by atoms with Gasteiger partial charge in [-0.05, 0) is 0 Å². The van der Waals surface area contributed by atoms with E-state index in [9.17, 15) is 39.9 Å². The van der Waals surface area contributed by atoms with E-state index in [1.54, 1.807) is 0 Å². The Morgan fingerprint density at radius 2 is 1.11 bits per heavy atom. The molecule has 0 aromatic rings. The maximum Gasteiger partial charge on any atom is 0.513 e. The second kappa shape index (κ2) is 6.05. The minimum absolute atomic E-state index is 2.18. The number of carbonyl (C=O) groups is 1. The van der Waals surface area contributed by atoms with Crippen molar-refractivity contribution in [3.05, 3.63) is 0 Å². The molecule has 2 atom stereocenters. The van der Waals surface area contributed by atoms with Crippen LogP contribution in [0.15, 0.2) is 0 Å². The lowest BCUT2D eigenvalue weighted by atomic mass is 10.4. The van der Waals surface area contributed by atoms with Gasteiger partial charge in [0.1, 0.15) is 12.8 Å². The molecule has 3 nitrogen and oxygen atoms in total. The van der Waals surface area contributed by atoms with Gasteiger partial charge in [0, 0.05) is 0 Å². The molecular weight excluding hydrogens is 284 g/mol. The summed E-state index contributed by atoms with van der Waals surface area (Å²) in [4.78, 5) is 10.4. The molecule has 0 N–H and O–H groups in total. The Kier molecular flexibility index (Phi) is 5.61. The summed E-state index contributed by atoms with van der Waals surface area (Å²) in [5.74, 6) is 0. The summed E-state index contributed by atoms with van der Waals surface area (Å²) in [6, 6.07) is 0. The lowest BCUT2D eigenvalue weighted by Crippen LogP contribution is -2.26. The summed E-state index contributed by atoms with van der Waals surface area (Å²) in [6.45, 7) is 0. The molecule has 0 heterocycles. The topological polar surface area (TPSA) is 35.5 Å². The summed E-state index contributed by atoms with van der Waals surface area (Å²) >= 11 is 0. The molecule has 0 saturated heterocycles. The maximum atomic E-state index is 12.3. The van der Waals surface area contributed by atoms with Crippen LogP contribution in [0.5, 0.6) is 0 Å². The van der Waals surface area contributed by atoms with Gasteiger partial charge < -0.3 is 9.47 Å². The predicted octanol–water partition coefficient (Wildman–Crippen LogP) is 3.64. The zero-order valence-electron chi connectivity index (χ0n) is 8.32. The van der Waals surface area contributed by atoms with E-state index in [1.165, 1.54) is 0 Å². The fourth-order valence-corrected chi connectivity index (χ4v) is 0.684. The van der Waals surface area contributed by atoms with Crippen LogP contribution in [0.3, 0.4) is 0 Å². The van der Waals surface area contributed by atoms with Crippen molar-refractivity contribution in [3.63, 3.8) is 0 Å². The molecule has 0 radical (unpaired) electrons. The molecule has 11 heteroatoms. The highest BCUT2D eigenvalue weighted by molar-refractivity contribution is 5.60. The van der Waals surface area contributed by atoms with Crippen LogP contribution >= 0.6 is 0 Å². The minimum atomic E-state index is -5.00. The number of ether oxygens (including phenoxy) is 2. The molecule has 0 amide bonds. The first-order chi connectivity index (χ1) is 7.89. The van der Waals surface area contributed by atoms with Gasteiger partial charge in [-0.2, -0.15) is 26.3 Å².